The van der Waals surface area contributed by atoms with Crippen molar-refractivity contribution < 1.29 is 4.58 Å². The number of nitrogens with zero attached hydrogens (tertiary/aromatic N) is 5. The summed E-state index contributed by atoms with van der Waals surface area (Å²) >= 11 is 0. The van der Waals surface area contributed by atoms with Gasteiger partial charge in [0.2, 0.25) is 5.69 Å². The third kappa shape index (κ3) is 2.37. The molecule has 0 fully saturated rings. The second-order valence-corrected chi connectivity index (χ2v) is 8.58. The highest BCUT2D eigenvalue weighted by atomic mass is 15.2. The van der Waals surface area contributed by atoms with Gasteiger partial charge < -0.3 is 0 Å². The van der Waals surface area contributed by atoms with E-state index in [0.717, 1.165) is 34.0 Å². The minimum absolute atomic E-state index is 0.542. The van der Waals surface area contributed by atoms with Crippen molar-refractivity contribution in [2.45, 2.75) is 5.41 Å². The zero-order valence-electron chi connectivity index (χ0n) is 18.5. The Morgan fingerprint density at radius 2 is 1.76 bits per heavy atom. The lowest BCUT2D eigenvalue weighted by Crippen LogP contribution is -2.29. The van der Waals surface area contributed by atoms with Crippen LogP contribution < -0.4 is 4.58 Å². The Labute approximate surface area is 196 Å². The molecule has 1 aliphatic heterocycles. The van der Waals surface area contributed by atoms with E-state index < -0.39 is 5.41 Å². The molecule has 1 unspecified atom stereocenters. The van der Waals surface area contributed by atoms with Gasteiger partial charge >= 0.3 is 17.5 Å². The Hall–Kier alpha value is -4.67. The molecule has 2 aliphatic rings. The summed E-state index contributed by atoms with van der Waals surface area (Å²) < 4.78 is 4.00. The number of H-pyrrole nitrogens is 1. The van der Waals surface area contributed by atoms with Gasteiger partial charge in [-0.15, -0.1) is 0 Å². The largest absolute Gasteiger partial charge is 0.497 e. The second kappa shape index (κ2) is 6.91. The van der Waals surface area contributed by atoms with E-state index in [1.54, 1.807) is 0 Å². The molecule has 6 heteroatoms. The fourth-order valence-corrected chi connectivity index (χ4v) is 5.48. The molecule has 4 heterocycles. The standard InChI is InChI=1S/C28H20N6/c1-33-18-34(27-25(33)10-5-13-30-27)20-7-4-6-19(16-20)28(26-12-15-31-32-26)23-9-3-2-8-21(23)22-17-29-14-11-24(22)28/h2-17H,1H3,(H,31,32)/q+2. The zero-order chi connectivity index (χ0) is 22.7. The molecular formula is C28H20N6+2. The van der Waals surface area contributed by atoms with Gasteiger partial charge in [0.15, 0.2) is 7.05 Å². The van der Waals surface area contributed by atoms with Crippen LogP contribution in [0.5, 0.6) is 0 Å². The smallest absolute Gasteiger partial charge is 0.281 e. The molecule has 0 spiro atoms. The Morgan fingerprint density at radius 3 is 2.68 bits per heavy atom. The predicted molar refractivity (Wildman–Crippen MR) is 130 cm³/mol. The van der Waals surface area contributed by atoms with Crippen molar-refractivity contribution in [3.8, 4) is 11.1 Å². The van der Waals surface area contributed by atoms with Crippen LogP contribution in [0.1, 0.15) is 22.4 Å². The lowest BCUT2D eigenvalue weighted by Gasteiger charge is -2.31. The fraction of sp³-hybridized carbons (Fsp3) is 0.0714. The molecule has 0 amide bonds. The monoisotopic (exact) mass is 440 g/mol. The first kappa shape index (κ1) is 18.9. The molecule has 0 bridgehead atoms. The van der Waals surface area contributed by atoms with Crippen molar-refractivity contribution in [3.63, 3.8) is 0 Å². The van der Waals surface area contributed by atoms with Crippen molar-refractivity contribution in [1.29, 1.82) is 0 Å². The van der Waals surface area contributed by atoms with Crippen LogP contribution in [0, 0.1) is 0 Å². The SMILES string of the molecule is C[N+]1=C=[N+](c2cccc(C3(c4ccn[nH]4)c4ccccc4-c4cnccc43)c2)c2ncccc21. The van der Waals surface area contributed by atoms with Gasteiger partial charge in [-0.25, -0.2) is 0 Å². The molecule has 2 aromatic carbocycles. The van der Waals surface area contributed by atoms with Crippen LogP contribution in [0.2, 0.25) is 0 Å². The van der Waals surface area contributed by atoms with Crippen LogP contribution in [0.3, 0.4) is 0 Å². The summed E-state index contributed by atoms with van der Waals surface area (Å²) in [6, 6.07) is 28.8. The van der Waals surface area contributed by atoms with Gasteiger partial charge in [0.25, 0.3) is 0 Å². The Balaban J connectivity index is 1.54. The highest BCUT2D eigenvalue weighted by Crippen LogP contribution is 2.55. The quantitative estimate of drug-likeness (QED) is 0.400. The molecule has 0 saturated heterocycles. The van der Waals surface area contributed by atoms with Gasteiger partial charge in [0.05, 0.1) is 11.1 Å². The summed E-state index contributed by atoms with van der Waals surface area (Å²) in [6.45, 7) is 0. The van der Waals surface area contributed by atoms with Gasteiger partial charge in [-0.2, -0.15) is 10.1 Å². The minimum atomic E-state index is -0.542. The van der Waals surface area contributed by atoms with Crippen molar-refractivity contribution in [2.75, 3.05) is 7.05 Å². The maximum atomic E-state index is 4.63. The molecule has 34 heavy (non-hydrogen) atoms. The zero-order valence-corrected chi connectivity index (χ0v) is 18.5. The van der Waals surface area contributed by atoms with Crippen LogP contribution in [-0.4, -0.2) is 37.8 Å². The van der Waals surface area contributed by atoms with E-state index in [1.165, 1.54) is 16.7 Å². The van der Waals surface area contributed by atoms with Crippen LogP contribution in [0.4, 0.5) is 17.2 Å². The number of aromatic nitrogens is 4. The molecule has 0 saturated carbocycles. The Morgan fingerprint density at radius 1 is 0.853 bits per heavy atom. The van der Waals surface area contributed by atoms with Crippen molar-refractivity contribution in [3.05, 3.63) is 120 Å². The number of rotatable bonds is 3. The van der Waals surface area contributed by atoms with Crippen LogP contribution in [0.15, 0.2) is 97.6 Å². The molecule has 5 aromatic rings. The topological polar surface area (TPSA) is 60.5 Å². The number of benzene rings is 2. The highest BCUT2D eigenvalue weighted by Gasteiger charge is 2.48. The fourth-order valence-electron chi connectivity index (χ4n) is 5.48. The molecule has 6 nitrogen and oxygen atoms in total. The molecule has 7 rings (SSSR count). The second-order valence-electron chi connectivity index (χ2n) is 8.58. The molecular weight excluding hydrogens is 420 g/mol. The average Bonchev–Trinajstić information content (AvgIpc) is 3.61. The number of hydrogen-bond acceptors (Lipinski definition) is 3. The van der Waals surface area contributed by atoms with Gasteiger partial charge in [-0.1, -0.05) is 41.0 Å². The van der Waals surface area contributed by atoms with E-state index in [2.05, 4.69) is 92.9 Å². The average molecular weight is 441 g/mol. The summed E-state index contributed by atoms with van der Waals surface area (Å²) in [5, 5.41) is 7.63. The molecule has 1 atom stereocenters. The maximum absolute atomic E-state index is 4.63. The lowest BCUT2D eigenvalue weighted by atomic mass is 9.70. The molecule has 1 N–H and O–H groups in total. The van der Waals surface area contributed by atoms with E-state index in [-0.39, 0.29) is 0 Å². The van der Waals surface area contributed by atoms with Crippen LogP contribution >= 0.6 is 0 Å². The van der Waals surface area contributed by atoms with Crippen LogP contribution in [-0.2, 0) is 5.41 Å². The maximum Gasteiger partial charge on any atom is 0.497 e. The molecule has 1 aliphatic carbocycles. The van der Waals surface area contributed by atoms with Crippen molar-refractivity contribution in [2.24, 2.45) is 0 Å². The van der Waals surface area contributed by atoms with E-state index in [4.69, 9.17) is 0 Å². The van der Waals surface area contributed by atoms with Gasteiger partial charge in [0.1, 0.15) is 0 Å². The van der Waals surface area contributed by atoms with Crippen molar-refractivity contribution >= 4 is 23.2 Å². The van der Waals surface area contributed by atoms with E-state index >= 15 is 0 Å². The predicted octanol–water partition coefficient (Wildman–Crippen LogP) is 4.86. The van der Waals surface area contributed by atoms with E-state index in [1.807, 2.05) is 47.1 Å². The Kier molecular flexibility index (Phi) is 3.83. The molecule has 0 radical (unpaired) electrons. The first-order valence-electron chi connectivity index (χ1n) is 11.2. The van der Waals surface area contributed by atoms with Gasteiger partial charge in [-0.3, -0.25) is 10.1 Å². The number of fused-ring (bicyclic) bond motifs is 4. The summed E-state index contributed by atoms with van der Waals surface area (Å²) in [4.78, 5) is 9.08. The summed E-state index contributed by atoms with van der Waals surface area (Å²) in [5.41, 5.74) is 8.38. The summed E-state index contributed by atoms with van der Waals surface area (Å²) in [5.74, 6) is 0.870. The number of pyridine rings is 2. The minimum Gasteiger partial charge on any atom is -0.281 e. The van der Waals surface area contributed by atoms with E-state index in [0.29, 0.717) is 0 Å². The molecule has 3 aromatic heterocycles. The number of nitrogens with one attached hydrogen (secondary N) is 1. The van der Waals surface area contributed by atoms with E-state index in [9.17, 15) is 0 Å². The molecule has 160 valence electrons. The van der Waals surface area contributed by atoms with Crippen molar-refractivity contribution in [1.82, 2.24) is 24.7 Å². The first-order chi connectivity index (χ1) is 16.8. The van der Waals surface area contributed by atoms with Gasteiger partial charge in [0, 0.05) is 48.5 Å². The summed E-state index contributed by atoms with van der Waals surface area (Å²) in [6.07, 6.45) is 7.48. The van der Waals surface area contributed by atoms with Gasteiger partial charge in [-0.05, 0) is 45.0 Å². The van der Waals surface area contributed by atoms with Crippen LogP contribution in [0.25, 0.3) is 11.1 Å². The lowest BCUT2D eigenvalue weighted by molar-refractivity contribution is -0.394. The highest BCUT2D eigenvalue weighted by molar-refractivity contribution is 5.85. The number of hydrogen-bond donors (Lipinski definition) is 1. The normalized spacial score (nSPS) is 17.6. The first-order valence-corrected chi connectivity index (χ1v) is 11.2. The third-order valence-electron chi connectivity index (χ3n) is 6.88. The Bertz CT molecular complexity index is 1610. The third-order valence-corrected chi connectivity index (χ3v) is 6.88. The summed E-state index contributed by atoms with van der Waals surface area (Å²) in [7, 11) is 1.99. The number of aromatic amines is 1.